The van der Waals surface area contributed by atoms with E-state index in [1.807, 2.05) is 0 Å². The lowest BCUT2D eigenvalue weighted by molar-refractivity contribution is -0.0543. The van der Waals surface area contributed by atoms with E-state index in [1.165, 1.54) is 6.33 Å². The molecule has 0 spiro atoms. The van der Waals surface area contributed by atoms with E-state index < -0.39 is 5.60 Å². The Kier molecular flexibility index (Phi) is 3.75. The van der Waals surface area contributed by atoms with E-state index >= 15 is 0 Å². The van der Waals surface area contributed by atoms with Gasteiger partial charge in [0.2, 0.25) is 5.88 Å². The number of anilines is 1. The van der Waals surface area contributed by atoms with Gasteiger partial charge in [0.25, 0.3) is 0 Å². The number of hydrogen-bond donors (Lipinski definition) is 2. The van der Waals surface area contributed by atoms with Gasteiger partial charge in [-0.25, -0.2) is 9.97 Å². The highest BCUT2D eigenvalue weighted by Gasteiger charge is 2.29. The second-order valence-electron chi connectivity index (χ2n) is 4.14. The first-order valence-corrected chi connectivity index (χ1v) is 5.62. The normalized spacial score (nSPS) is 18.7. The molecule has 94 valence electrons. The third-order valence-corrected chi connectivity index (χ3v) is 2.87. The number of hydrogen-bond acceptors (Lipinski definition) is 6. The van der Waals surface area contributed by atoms with Gasteiger partial charge in [0.15, 0.2) is 0 Å². The summed E-state index contributed by atoms with van der Waals surface area (Å²) >= 11 is 0. The molecule has 0 amide bonds. The Morgan fingerprint density at radius 3 is 2.94 bits per heavy atom. The number of nitrogens with zero attached hydrogens (tertiary/aromatic N) is 2. The summed E-state index contributed by atoms with van der Waals surface area (Å²) < 4.78 is 10.2. The van der Waals surface area contributed by atoms with Gasteiger partial charge in [0.1, 0.15) is 12.1 Å². The number of ether oxygens (including phenoxy) is 2. The van der Waals surface area contributed by atoms with Gasteiger partial charge < -0.3 is 19.9 Å². The second kappa shape index (κ2) is 5.29. The van der Waals surface area contributed by atoms with E-state index in [4.69, 9.17) is 9.47 Å². The molecule has 1 aromatic heterocycles. The highest BCUT2D eigenvalue weighted by Crippen LogP contribution is 2.21. The molecule has 17 heavy (non-hydrogen) atoms. The number of rotatable bonds is 4. The topological polar surface area (TPSA) is 76.5 Å². The summed E-state index contributed by atoms with van der Waals surface area (Å²) in [6.45, 7) is 1.66. The molecular formula is C11H17N3O3. The Balaban J connectivity index is 1.92. The predicted molar refractivity (Wildman–Crippen MR) is 62.1 cm³/mol. The smallest absolute Gasteiger partial charge is 0.218 e. The SMILES string of the molecule is COc1cc(NCC2(O)CCOCC2)ncn1. The molecule has 0 atom stereocenters. The third kappa shape index (κ3) is 3.28. The van der Waals surface area contributed by atoms with Crippen LogP contribution in [0.2, 0.25) is 0 Å². The van der Waals surface area contributed by atoms with Crippen LogP contribution in [-0.4, -0.2) is 47.5 Å². The van der Waals surface area contributed by atoms with Crippen LogP contribution in [0, 0.1) is 0 Å². The Bertz CT molecular complexity index is 367. The zero-order chi connectivity index (χ0) is 12.1. The van der Waals surface area contributed by atoms with Crippen LogP contribution in [0.25, 0.3) is 0 Å². The van der Waals surface area contributed by atoms with Crippen molar-refractivity contribution in [3.8, 4) is 5.88 Å². The molecule has 1 saturated heterocycles. The van der Waals surface area contributed by atoms with Gasteiger partial charge in [-0.15, -0.1) is 0 Å². The third-order valence-electron chi connectivity index (χ3n) is 2.87. The van der Waals surface area contributed by atoms with Gasteiger partial charge in [0, 0.05) is 38.7 Å². The summed E-state index contributed by atoms with van der Waals surface area (Å²) in [4.78, 5) is 7.97. The highest BCUT2D eigenvalue weighted by molar-refractivity contribution is 5.37. The predicted octanol–water partition coefficient (Wildman–Crippen LogP) is 0.439. The molecule has 1 aliphatic rings. The van der Waals surface area contributed by atoms with E-state index in [1.54, 1.807) is 13.2 Å². The molecule has 0 unspecified atom stereocenters. The summed E-state index contributed by atoms with van der Waals surface area (Å²) in [5.74, 6) is 1.15. The minimum atomic E-state index is -0.712. The number of methoxy groups -OCH3 is 1. The van der Waals surface area contributed by atoms with E-state index in [0.29, 0.717) is 44.3 Å². The van der Waals surface area contributed by atoms with Gasteiger partial charge in [-0.1, -0.05) is 0 Å². The minimum absolute atomic E-state index is 0.455. The van der Waals surface area contributed by atoms with Gasteiger partial charge in [-0.05, 0) is 0 Å². The number of nitrogens with one attached hydrogen (secondary N) is 1. The molecule has 2 N–H and O–H groups in total. The fourth-order valence-electron chi connectivity index (χ4n) is 1.73. The molecule has 6 nitrogen and oxygen atoms in total. The lowest BCUT2D eigenvalue weighted by Crippen LogP contribution is -2.42. The fourth-order valence-corrected chi connectivity index (χ4v) is 1.73. The Labute approximate surface area is 100.0 Å². The van der Waals surface area contributed by atoms with E-state index in [9.17, 15) is 5.11 Å². The molecule has 6 heteroatoms. The quantitative estimate of drug-likeness (QED) is 0.794. The van der Waals surface area contributed by atoms with Crippen molar-refractivity contribution in [2.75, 3.05) is 32.2 Å². The average molecular weight is 239 g/mol. The van der Waals surface area contributed by atoms with Crippen molar-refractivity contribution in [3.63, 3.8) is 0 Å². The Morgan fingerprint density at radius 1 is 1.47 bits per heavy atom. The largest absolute Gasteiger partial charge is 0.481 e. The van der Waals surface area contributed by atoms with Crippen molar-refractivity contribution in [3.05, 3.63) is 12.4 Å². The zero-order valence-corrected chi connectivity index (χ0v) is 9.85. The average Bonchev–Trinajstić information content (AvgIpc) is 2.38. The van der Waals surface area contributed by atoms with Crippen molar-refractivity contribution in [2.45, 2.75) is 18.4 Å². The van der Waals surface area contributed by atoms with Gasteiger partial charge >= 0.3 is 0 Å². The Morgan fingerprint density at radius 2 is 2.24 bits per heavy atom. The monoisotopic (exact) mass is 239 g/mol. The lowest BCUT2D eigenvalue weighted by Gasteiger charge is -2.32. The molecule has 0 bridgehead atoms. The molecule has 2 heterocycles. The number of aliphatic hydroxyl groups is 1. The summed E-state index contributed by atoms with van der Waals surface area (Å²) in [7, 11) is 1.55. The first-order chi connectivity index (χ1) is 8.22. The van der Waals surface area contributed by atoms with Crippen LogP contribution in [0.15, 0.2) is 12.4 Å². The minimum Gasteiger partial charge on any atom is -0.481 e. The molecule has 1 fully saturated rings. The van der Waals surface area contributed by atoms with Crippen LogP contribution < -0.4 is 10.1 Å². The summed E-state index contributed by atoms with van der Waals surface area (Å²) in [6, 6.07) is 1.70. The van der Waals surface area contributed by atoms with E-state index in [2.05, 4.69) is 15.3 Å². The van der Waals surface area contributed by atoms with Crippen LogP contribution in [0.1, 0.15) is 12.8 Å². The van der Waals surface area contributed by atoms with Gasteiger partial charge in [-0.2, -0.15) is 0 Å². The maximum Gasteiger partial charge on any atom is 0.218 e. The molecule has 0 aromatic carbocycles. The molecule has 1 aliphatic heterocycles. The zero-order valence-electron chi connectivity index (χ0n) is 9.85. The van der Waals surface area contributed by atoms with Crippen LogP contribution in [-0.2, 0) is 4.74 Å². The molecule has 1 aromatic rings. The van der Waals surface area contributed by atoms with Gasteiger partial charge in [-0.3, -0.25) is 0 Å². The second-order valence-corrected chi connectivity index (χ2v) is 4.14. The van der Waals surface area contributed by atoms with E-state index in [-0.39, 0.29) is 0 Å². The van der Waals surface area contributed by atoms with Crippen molar-refractivity contribution >= 4 is 5.82 Å². The Hall–Kier alpha value is -1.40. The standard InChI is InChI=1S/C11H17N3O3/c1-16-10-6-9(13-8-14-10)12-7-11(15)2-4-17-5-3-11/h6,8,15H,2-5,7H2,1H3,(H,12,13,14). The molecule has 2 rings (SSSR count). The first-order valence-electron chi connectivity index (χ1n) is 5.62. The summed E-state index contributed by atoms with van der Waals surface area (Å²) in [5.41, 5.74) is -0.712. The molecule has 0 saturated carbocycles. The molecular weight excluding hydrogens is 222 g/mol. The highest BCUT2D eigenvalue weighted by atomic mass is 16.5. The van der Waals surface area contributed by atoms with E-state index in [0.717, 1.165) is 0 Å². The van der Waals surface area contributed by atoms with Crippen molar-refractivity contribution in [1.29, 1.82) is 0 Å². The van der Waals surface area contributed by atoms with Crippen LogP contribution >= 0.6 is 0 Å². The van der Waals surface area contributed by atoms with Crippen LogP contribution in [0.4, 0.5) is 5.82 Å². The lowest BCUT2D eigenvalue weighted by atomic mass is 9.94. The molecule has 0 aliphatic carbocycles. The van der Waals surface area contributed by atoms with Crippen molar-refractivity contribution in [1.82, 2.24) is 9.97 Å². The van der Waals surface area contributed by atoms with Gasteiger partial charge in [0.05, 0.1) is 12.7 Å². The van der Waals surface area contributed by atoms with Crippen LogP contribution in [0.5, 0.6) is 5.88 Å². The fraction of sp³-hybridized carbons (Fsp3) is 0.636. The first kappa shape index (κ1) is 12.1. The van der Waals surface area contributed by atoms with Crippen LogP contribution in [0.3, 0.4) is 0 Å². The maximum atomic E-state index is 10.2. The molecule has 0 radical (unpaired) electrons. The van der Waals surface area contributed by atoms with Crippen molar-refractivity contribution < 1.29 is 14.6 Å². The number of aromatic nitrogens is 2. The maximum absolute atomic E-state index is 10.2. The van der Waals surface area contributed by atoms with Crippen molar-refractivity contribution in [2.24, 2.45) is 0 Å². The summed E-state index contributed by atoms with van der Waals surface area (Å²) in [6.07, 6.45) is 2.71. The summed E-state index contributed by atoms with van der Waals surface area (Å²) in [5, 5.41) is 13.3.